The molecule has 1 heterocycles. The summed E-state index contributed by atoms with van der Waals surface area (Å²) in [5.41, 5.74) is 0. The van der Waals surface area contributed by atoms with E-state index in [9.17, 15) is 10.2 Å². The minimum absolute atomic E-state index is 0.351. The van der Waals surface area contributed by atoms with E-state index >= 15 is 0 Å². The maximum Gasteiger partial charge on any atom is 0.163 e. The lowest BCUT2D eigenvalue weighted by molar-refractivity contribution is -0.284. The van der Waals surface area contributed by atoms with Gasteiger partial charge in [0, 0.05) is 12.5 Å². The molecule has 0 aliphatic carbocycles. The van der Waals surface area contributed by atoms with E-state index in [0.717, 1.165) is 0 Å². The number of hydrogen-bond acceptors (Lipinski definition) is 6. The van der Waals surface area contributed by atoms with Gasteiger partial charge in [-0.3, -0.25) is 0 Å². The number of rotatable bonds is 6. The Kier molecular flexibility index (Phi) is 6.32. The van der Waals surface area contributed by atoms with Crippen LogP contribution in [-0.4, -0.2) is 66.3 Å². The monoisotopic (exact) mass is 250 g/mol. The molecule has 6 heteroatoms. The predicted octanol–water partition coefficient (Wildman–Crippen LogP) is -0.885. The molecule has 1 rings (SSSR count). The van der Waals surface area contributed by atoms with Crippen molar-refractivity contribution in [3.8, 4) is 0 Å². The Hall–Kier alpha value is -0.240. The van der Waals surface area contributed by atoms with Gasteiger partial charge < -0.3 is 29.5 Å². The summed E-state index contributed by atoms with van der Waals surface area (Å²) in [6.45, 7) is 4.69. The Balaban J connectivity index is 2.42. The lowest BCUT2D eigenvalue weighted by Crippen LogP contribution is -2.55. The molecule has 6 nitrogen and oxygen atoms in total. The van der Waals surface area contributed by atoms with E-state index in [4.69, 9.17) is 19.3 Å². The van der Waals surface area contributed by atoms with Crippen molar-refractivity contribution < 1.29 is 29.5 Å². The average Bonchev–Trinajstić information content (AvgIpc) is 2.34. The molecule has 102 valence electrons. The maximum atomic E-state index is 9.77. The normalized spacial score (nSPS) is 38.3. The Morgan fingerprint density at radius 1 is 1.18 bits per heavy atom. The van der Waals surface area contributed by atoms with Gasteiger partial charge in [0.15, 0.2) is 6.29 Å². The molecule has 5 unspecified atom stereocenters. The fourth-order valence-corrected chi connectivity index (χ4v) is 1.78. The van der Waals surface area contributed by atoms with Crippen molar-refractivity contribution in [2.45, 2.75) is 38.4 Å². The minimum Gasteiger partial charge on any atom is -0.394 e. The Bertz CT molecular complexity index is 210. The molecule has 1 aliphatic heterocycles. The van der Waals surface area contributed by atoms with Crippen molar-refractivity contribution in [3.05, 3.63) is 0 Å². The molecule has 0 saturated carbocycles. The first-order chi connectivity index (χ1) is 8.11. The van der Waals surface area contributed by atoms with E-state index in [1.54, 1.807) is 6.92 Å². The highest BCUT2D eigenvalue weighted by atomic mass is 16.7. The first-order valence-electron chi connectivity index (χ1n) is 5.93. The summed E-state index contributed by atoms with van der Waals surface area (Å²) in [7, 11) is 0. The van der Waals surface area contributed by atoms with Crippen LogP contribution in [0, 0.1) is 5.92 Å². The van der Waals surface area contributed by atoms with Crippen molar-refractivity contribution in [2.75, 3.05) is 26.4 Å². The second-order valence-electron chi connectivity index (χ2n) is 4.13. The van der Waals surface area contributed by atoms with Crippen LogP contribution in [0.2, 0.25) is 0 Å². The van der Waals surface area contributed by atoms with Gasteiger partial charge in [-0.05, 0) is 6.92 Å². The lowest BCUT2D eigenvalue weighted by atomic mass is 9.92. The molecular formula is C11H22O6. The molecule has 1 saturated heterocycles. The van der Waals surface area contributed by atoms with Gasteiger partial charge in [0.2, 0.25) is 0 Å². The van der Waals surface area contributed by atoms with Gasteiger partial charge >= 0.3 is 0 Å². The first-order valence-corrected chi connectivity index (χ1v) is 5.93. The second-order valence-corrected chi connectivity index (χ2v) is 4.13. The van der Waals surface area contributed by atoms with Gasteiger partial charge in [-0.15, -0.1) is 0 Å². The topological polar surface area (TPSA) is 88.4 Å². The van der Waals surface area contributed by atoms with Gasteiger partial charge in [0.25, 0.3) is 0 Å². The Morgan fingerprint density at radius 3 is 2.47 bits per heavy atom. The maximum absolute atomic E-state index is 9.77. The molecule has 0 spiro atoms. The summed E-state index contributed by atoms with van der Waals surface area (Å²) in [6.07, 6.45) is -3.48. The van der Waals surface area contributed by atoms with Crippen LogP contribution < -0.4 is 0 Å². The number of ether oxygens (including phenoxy) is 3. The third-order valence-corrected chi connectivity index (χ3v) is 2.90. The van der Waals surface area contributed by atoms with Crippen molar-refractivity contribution in [1.82, 2.24) is 0 Å². The third kappa shape index (κ3) is 3.87. The molecule has 5 atom stereocenters. The van der Waals surface area contributed by atoms with E-state index in [1.807, 2.05) is 6.92 Å². The van der Waals surface area contributed by atoms with Crippen molar-refractivity contribution in [2.24, 2.45) is 5.92 Å². The van der Waals surface area contributed by atoms with Crippen LogP contribution in [0.3, 0.4) is 0 Å². The molecule has 3 N–H and O–H groups in total. The smallest absolute Gasteiger partial charge is 0.163 e. The van der Waals surface area contributed by atoms with Crippen molar-refractivity contribution >= 4 is 0 Å². The van der Waals surface area contributed by atoms with Crippen LogP contribution in [0.4, 0.5) is 0 Å². The summed E-state index contributed by atoms with van der Waals surface area (Å²) in [4.78, 5) is 0. The quantitative estimate of drug-likeness (QED) is 0.530. The van der Waals surface area contributed by atoms with Crippen LogP contribution in [0.1, 0.15) is 13.8 Å². The number of aliphatic hydroxyl groups excluding tert-OH is 3. The highest BCUT2D eigenvalue weighted by molar-refractivity contribution is 4.86. The highest BCUT2D eigenvalue weighted by Crippen LogP contribution is 2.26. The van der Waals surface area contributed by atoms with Gasteiger partial charge in [-0.2, -0.15) is 0 Å². The minimum atomic E-state index is -1.08. The third-order valence-electron chi connectivity index (χ3n) is 2.90. The summed E-state index contributed by atoms with van der Waals surface area (Å²) in [5, 5.41) is 28.4. The van der Waals surface area contributed by atoms with Gasteiger partial charge in [0.1, 0.15) is 12.2 Å². The molecule has 0 amide bonds. The van der Waals surface area contributed by atoms with E-state index in [2.05, 4.69) is 0 Å². The highest BCUT2D eigenvalue weighted by Gasteiger charge is 2.42. The molecule has 17 heavy (non-hydrogen) atoms. The van der Waals surface area contributed by atoms with E-state index in [0.29, 0.717) is 19.8 Å². The van der Waals surface area contributed by atoms with Crippen LogP contribution in [-0.2, 0) is 14.2 Å². The largest absolute Gasteiger partial charge is 0.394 e. The Labute approximate surface area is 101 Å². The second kappa shape index (κ2) is 7.25. The van der Waals surface area contributed by atoms with Gasteiger partial charge in [-0.25, -0.2) is 0 Å². The fourth-order valence-electron chi connectivity index (χ4n) is 1.78. The molecular weight excluding hydrogens is 228 g/mol. The van der Waals surface area contributed by atoms with Crippen LogP contribution in [0.25, 0.3) is 0 Å². The molecule has 0 bridgehead atoms. The number of hydrogen-bond donors (Lipinski definition) is 3. The number of aliphatic hydroxyl groups is 3. The van der Waals surface area contributed by atoms with E-state index in [1.165, 1.54) is 0 Å². The molecule has 1 aliphatic rings. The molecule has 1 fully saturated rings. The summed E-state index contributed by atoms with van der Waals surface area (Å²) < 4.78 is 15.9. The van der Waals surface area contributed by atoms with Crippen molar-refractivity contribution in [3.63, 3.8) is 0 Å². The van der Waals surface area contributed by atoms with Crippen molar-refractivity contribution in [1.29, 1.82) is 0 Å². The Morgan fingerprint density at radius 2 is 1.88 bits per heavy atom. The first kappa shape index (κ1) is 14.8. The van der Waals surface area contributed by atoms with Crippen LogP contribution >= 0.6 is 0 Å². The lowest BCUT2D eigenvalue weighted by Gasteiger charge is -2.40. The molecule has 0 aromatic heterocycles. The zero-order valence-corrected chi connectivity index (χ0v) is 10.3. The molecule has 0 aromatic rings. The fraction of sp³-hybridized carbons (Fsp3) is 1.00. The summed E-state index contributed by atoms with van der Waals surface area (Å²) in [5.74, 6) is -0.352. The van der Waals surface area contributed by atoms with E-state index in [-0.39, 0.29) is 12.5 Å². The predicted molar refractivity (Wildman–Crippen MR) is 59.4 cm³/mol. The standard InChI is InChI=1S/C11H22O6/c1-3-15-4-5-16-11-7(2)9(13)10(14)8(6-12)17-11/h7-14H,3-6H2,1-2H3. The van der Waals surface area contributed by atoms with Gasteiger partial charge in [-0.1, -0.05) is 6.92 Å². The summed E-state index contributed by atoms with van der Waals surface area (Å²) in [6, 6.07) is 0. The van der Waals surface area contributed by atoms with E-state index < -0.39 is 24.6 Å². The zero-order chi connectivity index (χ0) is 12.8. The van der Waals surface area contributed by atoms with Gasteiger partial charge in [0.05, 0.1) is 25.9 Å². The zero-order valence-electron chi connectivity index (χ0n) is 10.3. The molecule has 0 aromatic carbocycles. The SMILES string of the molecule is CCOCCOC1OC(CO)C(O)C(O)C1C. The van der Waals surface area contributed by atoms with Crippen LogP contribution in [0.5, 0.6) is 0 Å². The molecule has 0 radical (unpaired) electrons. The summed E-state index contributed by atoms with van der Waals surface area (Å²) >= 11 is 0. The van der Waals surface area contributed by atoms with Crippen LogP contribution in [0.15, 0.2) is 0 Å². The average molecular weight is 250 g/mol.